The summed E-state index contributed by atoms with van der Waals surface area (Å²) >= 11 is 1.61. The Morgan fingerprint density at radius 1 is 1.26 bits per heavy atom. The highest BCUT2D eigenvalue weighted by Gasteiger charge is 2.34. The molecule has 1 saturated heterocycles. The number of carbonyl (C=O) groups excluding carboxylic acids is 2. The molecule has 214 valence electrons. The lowest BCUT2D eigenvalue weighted by Crippen LogP contribution is -2.35. The fraction of sp³-hybridized carbons (Fsp3) is 0.517. The van der Waals surface area contributed by atoms with Gasteiger partial charge in [0.2, 0.25) is 12.3 Å². The lowest BCUT2D eigenvalue weighted by atomic mass is 9.91. The topological polar surface area (TPSA) is 118 Å². The number of aliphatic hydroxyl groups is 1. The second-order valence-electron chi connectivity index (χ2n) is 9.55. The van der Waals surface area contributed by atoms with E-state index in [1.54, 1.807) is 23.3 Å². The number of thiazole rings is 1. The second-order valence-corrected chi connectivity index (χ2v) is 10.4. The molecule has 0 radical (unpaired) electrons. The van der Waals surface area contributed by atoms with Crippen molar-refractivity contribution < 1.29 is 24.0 Å². The molecular weight excluding hydrogens is 516 g/mol. The zero-order valence-corrected chi connectivity index (χ0v) is 25.0. The van der Waals surface area contributed by atoms with Gasteiger partial charge in [-0.3, -0.25) is 9.59 Å². The number of aliphatic hydroxyl groups excluding tert-OH is 1. The van der Waals surface area contributed by atoms with E-state index in [9.17, 15) is 14.7 Å². The van der Waals surface area contributed by atoms with Gasteiger partial charge in [0.25, 0.3) is 0 Å². The summed E-state index contributed by atoms with van der Waals surface area (Å²) < 4.78 is 10.7. The van der Waals surface area contributed by atoms with E-state index >= 15 is 0 Å². The summed E-state index contributed by atoms with van der Waals surface area (Å²) in [5.74, 6) is 1.25. The van der Waals surface area contributed by atoms with E-state index in [2.05, 4.69) is 15.5 Å². The zero-order valence-electron chi connectivity index (χ0n) is 24.2. The third kappa shape index (κ3) is 8.37. The van der Waals surface area contributed by atoms with E-state index in [1.165, 1.54) is 0 Å². The van der Waals surface area contributed by atoms with Crippen LogP contribution in [0.15, 0.2) is 34.3 Å². The van der Waals surface area contributed by atoms with Gasteiger partial charge < -0.3 is 24.6 Å². The van der Waals surface area contributed by atoms with Crippen LogP contribution in [0.5, 0.6) is 5.75 Å². The number of carbonyl (C=O) groups is 2. The molecule has 3 atom stereocenters. The lowest BCUT2D eigenvalue weighted by molar-refractivity contribution is -0.133. The van der Waals surface area contributed by atoms with E-state index < -0.39 is 6.10 Å². The molecule has 0 saturated carbocycles. The predicted octanol–water partition coefficient (Wildman–Crippen LogP) is 5.28. The van der Waals surface area contributed by atoms with Gasteiger partial charge in [0, 0.05) is 24.7 Å². The number of nitrogens with one attached hydrogen (secondary N) is 1. The Bertz CT molecular complexity index is 1190. The molecule has 0 bridgehead atoms. The van der Waals surface area contributed by atoms with Crippen LogP contribution in [0.25, 0.3) is 10.4 Å². The van der Waals surface area contributed by atoms with Crippen molar-refractivity contribution in [1.82, 2.24) is 20.4 Å². The number of ether oxygens (including phenoxy) is 1. The number of aryl methyl sites for hydroxylation is 2. The first kappa shape index (κ1) is 32.0. The minimum Gasteiger partial charge on any atom is -0.496 e. The van der Waals surface area contributed by atoms with E-state index in [4.69, 9.17) is 9.26 Å². The summed E-state index contributed by atoms with van der Waals surface area (Å²) in [6.45, 7) is 14.8. The third-order valence-corrected chi connectivity index (χ3v) is 7.36. The van der Waals surface area contributed by atoms with Gasteiger partial charge in [-0.1, -0.05) is 45.0 Å². The molecular formula is C29H42N4O5S. The first-order valence-electron chi connectivity index (χ1n) is 13.3. The van der Waals surface area contributed by atoms with Crippen molar-refractivity contribution in [3.05, 3.63) is 52.5 Å². The Balaban J connectivity index is 0.000000258. The van der Waals surface area contributed by atoms with Crippen molar-refractivity contribution in [2.24, 2.45) is 5.92 Å². The Labute approximate surface area is 235 Å². The van der Waals surface area contributed by atoms with Gasteiger partial charge in [-0.2, -0.15) is 0 Å². The van der Waals surface area contributed by atoms with Crippen LogP contribution < -0.4 is 10.1 Å². The lowest BCUT2D eigenvalue weighted by Gasteiger charge is -2.23. The molecule has 2 amide bonds. The molecule has 2 aromatic heterocycles. The van der Waals surface area contributed by atoms with Crippen molar-refractivity contribution in [3.63, 3.8) is 0 Å². The number of likely N-dealkylation sites (tertiary alicyclic amines) is 1. The van der Waals surface area contributed by atoms with Gasteiger partial charge in [0.1, 0.15) is 17.4 Å². The highest BCUT2D eigenvalue weighted by atomic mass is 32.1. The molecule has 1 aliphatic heterocycles. The average Bonchev–Trinajstić information content (AvgIpc) is 3.66. The standard InChI is InChI=1S/C14H16N2O2S.C13H20N2O3.C2H6/c1-9(15-7-17)12-5-4-11(6-13(12)18-3)14-10(2)16-8-19-14;1-8(2)12(11-6-9(3)14-18-11)13(17)15-5-4-10(16)7-15;1-2/h4-9H,1-3H3,(H,15,17);6,8,10,12,16H,4-5,7H2,1-3H3;1-2H3. The first-order valence-corrected chi connectivity index (χ1v) is 14.2. The minimum atomic E-state index is -0.391. The molecule has 4 rings (SSSR count). The molecule has 9 nitrogen and oxygen atoms in total. The first-order chi connectivity index (χ1) is 18.7. The number of β-amino-alcohol motifs (C(OH)–C–C–N with tert-alkyl or cyclic N) is 1. The number of aromatic nitrogens is 2. The SMILES string of the molecule is CC.COc1cc(-c2scnc2C)ccc1C(C)NC=O.Cc1cc(C(C(=O)N2CCC(O)C2)C(C)C)on1. The van der Waals surface area contributed by atoms with Crippen LogP contribution in [-0.2, 0) is 9.59 Å². The molecule has 1 aromatic carbocycles. The van der Waals surface area contributed by atoms with Crippen molar-refractivity contribution in [1.29, 1.82) is 0 Å². The fourth-order valence-corrected chi connectivity index (χ4v) is 5.19. The third-order valence-electron chi connectivity index (χ3n) is 6.39. The Morgan fingerprint density at radius 2 is 1.97 bits per heavy atom. The molecule has 0 aliphatic carbocycles. The molecule has 10 heteroatoms. The molecule has 3 unspecified atom stereocenters. The Morgan fingerprint density at radius 3 is 2.46 bits per heavy atom. The Kier molecular flexibility index (Phi) is 12.6. The number of benzene rings is 1. The molecule has 3 aromatic rings. The van der Waals surface area contributed by atoms with Crippen molar-refractivity contribution in [2.75, 3.05) is 20.2 Å². The number of amides is 2. The largest absolute Gasteiger partial charge is 0.496 e. The van der Waals surface area contributed by atoms with Crippen LogP contribution in [0.3, 0.4) is 0 Å². The van der Waals surface area contributed by atoms with Gasteiger partial charge in [-0.05, 0) is 44.7 Å². The molecule has 0 spiro atoms. The number of methoxy groups -OCH3 is 1. The Hall–Kier alpha value is -3.24. The van der Waals surface area contributed by atoms with Gasteiger partial charge in [0.05, 0.1) is 41.0 Å². The summed E-state index contributed by atoms with van der Waals surface area (Å²) in [6.07, 6.45) is 0.968. The minimum absolute atomic E-state index is 0.0256. The van der Waals surface area contributed by atoms with Gasteiger partial charge in [-0.15, -0.1) is 11.3 Å². The summed E-state index contributed by atoms with van der Waals surface area (Å²) in [5, 5.41) is 16.1. The second kappa shape index (κ2) is 15.4. The number of hydrogen-bond acceptors (Lipinski definition) is 8. The zero-order chi connectivity index (χ0) is 29.1. The maximum Gasteiger partial charge on any atom is 0.233 e. The smallest absolute Gasteiger partial charge is 0.233 e. The summed E-state index contributed by atoms with van der Waals surface area (Å²) in [4.78, 5) is 30.1. The predicted molar refractivity (Wildman–Crippen MR) is 154 cm³/mol. The van der Waals surface area contributed by atoms with Gasteiger partial charge in [-0.25, -0.2) is 4.98 Å². The van der Waals surface area contributed by atoms with E-state index in [0.717, 1.165) is 33.1 Å². The molecule has 1 aliphatic rings. The molecule has 1 fully saturated rings. The highest BCUT2D eigenvalue weighted by Crippen LogP contribution is 2.34. The number of nitrogens with zero attached hydrogens (tertiary/aromatic N) is 3. The van der Waals surface area contributed by atoms with Crippen molar-refractivity contribution in [2.45, 2.75) is 73.0 Å². The summed E-state index contributed by atoms with van der Waals surface area (Å²) in [7, 11) is 1.63. The summed E-state index contributed by atoms with van der Waals surface area (Å²) in [6, 6.07) is 7.73. The average molecular weight is 559 g/mol. The molecule has 3 heterocycles. The van der Waals surface area contributed by atoms with E-state index in [0.29, 0.717) is 31.7 Å². The van der Waals surface area contributed by atoms with Crippen LogP contribution in [0.1, 0.15) is 75.7 Å². The maximum atomic E-state index is 12.5. The van der Waals surface area contributed by atoms with E-state index in [-0.39, 0.29) is 23.8 Å². The number of hydrogen-bond donors (Lipinski definition) is 2. The normalized spacial score (nSPS) is 15.9. The van der Waals surface area contributed by atoms with Crippen LogP contribution in [0, 0.1) is 19.8 Å². The molecule has 39 heavy (non-hydrogen) atoms. The van der Waals surface area contributed by atoms with Crippen molar-refractivity contribution in [3.8, 4) is 16.2 Å². The van der Waals surface area contributed by atoms with Crippen LogP contribution in [0.4, 0.5) is 0 Å². The molecule has 2 N–H and O–H groups in total. The highest BCUT2D eigenvalue weighted by molar-refractivity contribution is 7.13. The summed E-state index contributed by atoms with van der Waals surface area (Å²) in [5.41, 5.74) is 5.67. The van der Waals surface area contributed by atoms with Gasteiger partial charge in [0.15, 0.2) is 0 Å². The van der Waals surface area contributed by atoms with E-state index in [1.807, 2.05) is 78.2 Å². The van der Waals surface area contributed by atoms with Crippen molar-refractivity contribution >= 4 is 23.7 Å². The van der Waals surface area contributed by atoms with Crippen LogP contribution in [-0.4, -0.2) is 58.8 Å². The van der Waals surface area contributed by atoms with Gasteiger partial charge >= 0.3 is 0 Å². The monoisotopic (exact) mass is 558 g/mol. The van der Waals surface area contributed by atoms with Crippen LogP contribution in [0.2, 0.25) is 0 Å². The van der Waals surface area contributed by atoms with Crippen LogP contribution >= 0.6 is 11.3 Å². The fourth-order valence-electron chi connectivity index (χ4n) is 4.38. The quantitative estimate of drug-likeness (QED) is 0.361. The number of rotatable bonds is 8. The maximum absolute atomic E-state index is 12.5.